The fourth-order valence-corrected chi connectivity index (χ4v) is 1.88. The van der Waals surface area contributed by atoms with Gasteiger partial charge in [0, 0.05) is 18.3 Å². The summed E-state index contributed by atoms with van der Waals surface area (Å²) in [6.45, 7) is 7.57. The van der Waals surface area contributed by atoms with Gasteiger partial charge in [-0.25, -0.2) is 0 Å². The fraction of sp³-hybridized carbons (Fsp3) is 0.571. The van der Waals surface area contributed by atoms with E-state index >= 15 is 0 Å². The molecule has 2 N–H and O–H groups in total. The number of nitrogens with zero attached hydrogens (tertiary/aromatic N) is 1. The lowest BCUT2D eigenvalue weighted by atomic mass is 10.1. The Labute approximate surface area is 105 Å². The highest BCUT2D eigenvalue weighted by molar-refractivity contribution is 5.47. The van der Waals surface area contributed by atoms with Crippen LogP contribution >= 0.6 is 0 Å². The minimum absolute atomic E-state index is 0.769. The van der Waals surface area contributed by atoms with Gasteiger partial charge in [0.2, 0.25) is 0 Å². The summed E-state index contributed by atoms with van der Waals surface area (Å²) in [7, 11) is 1.67. The van der Waals surface area contributed by atoms with E-state index in [2.05, 4.69) is 24.8 Å². The number of unbranched alkanes of at least 4 members (excludes halogenated alkanes) is 1. The maximum atomic E-state index is 5.85. The Kier molecular flexibility index (Phi) is 5.84. The number of ether oxygens (including phenoxy) is 1. The van der Waals surface area contributed by atoms with Crippen LogP contribution in [0.3, 0.4) is 0 Å². The molecule has 0 atom stereocenters. The molecule has 0 aromatic heterocycles. The fourth-order valence-electron chi connectivity index (χ4n) is 1.88. The van der Waals surface area contributed by atoms with E-state index in [1.54, 1.807) is 7.11 Å². The van der Waals surface area contributed by atoms with Crippen molar-refractivity contribution in [2.45, 2.75) is 33.2 Å². The van der Waals surface area contributed by atoms with Crippen molar-refractivity contribution in [2.75, 3.05) is 25.9 Å². The number of rotatable bonds is 7. The number of benzene rings is 1. The van der Waals surface area contributed by atoms with Gasteiger partial charge in [0.15, 0.2) is 0 Å². The Morgan fingerprint density at radius 3 is 2.59 bits per heavy atom. The van der Waals surface area contributed by atoms with E-state index in [1.165, 1.54) is 18.4 Å². The Morgan fingerprint density at radius 1 is 1.24 bits per heavy atom. The molecule has 0 saturated heterocycles. The van der Waals surface area contributed by atoms with Crippen LogP contribution in [-0.2, 0) is 6.54 Å². The predicted molar refractivity (Wildman–Crippen MR) is 73.3 cm³/mol. The zero-order valence-electron chi connectivity index (χ0n) is 11.2. The number of anilines is 1. The van der Waals surface area contributed by atoms with E-state index in [9.17, 15) is 0 Å². The first kappa shape index (κ1) is 13.8. The van der Waals surface area contributed by atoms with Gasteiger partial charge < -0.3 is 10.5 Å². The average Bonchev–Trinajstić information content (AvgIpc) is 2.33. The molecule has 0 saturated carbocycles. The maximum absolute atomic E-state index is 5.85. The second-order valence-electron chi connectivity index (χ2n) is 4.34. The summed E-state index contributed by atoms with van der Waals surface area (Å²) in [4.78, 5) is 2.43. The largest absolute Gasteiger partial charge is 0.497 e. The van der Waals surface area contributed by atoms with Crippen LogP contribution in [-0.4, -0.2) is 25.1 Å². The Bertz CT molecular complexity index is 339. The predicted octanol–water partition coefficient (Wildman–Crippen LogP) is 2.90. The normalized spacial score (nSPS) is 10.8. The second-order valence-corrected chi connectivity index (χ2v) is 4.34. The third kappa shape index (κ3) is 4.65. The highest BCUT2D eigenvalue weighted by atomic mass is 16.5. The number of hydrogen-bond donors (Lipinski definition) is 1. The smallest absolute Gasteiger partial charge is 0.121 e. The van der Waals surface area contributed by atoms with Crippen LogP contribution < -0.4 is 10.5 Å². The molecule has 0 bridgehead atoms. The van der Waals surface area contributed by atoms with Crippen molar-refractivity contribution in [1.29, 1.82) is 0 Å². The van der Waals surface area contributed by atoms with E-state index < -0.39 is 0 Å². The molecular formula is C14H24N2O. The monoisotopic (exact) mass is 236 g/mol. The van der Waals surface area contributed by atoms with Crippen LogP contribution in [0.25, 0.3) is 0 Å². The van der Waals surface area contributed by atoms with Crippen LogP contribution in [0, 0.1) is 0 Å². The second kappa shape index (κ2) is 7.17. The number of methoxy groups -OCH3 is 1. The van der Waals surface area contributed by atoms with Crippen LogP contribution in [0.1, 0.15) is 32.3 Å². The molecule has 0 aliphatic heterocycles. The molecule has 1 rings (SSSR count). The average molecular weight is 236 g/mol. The van der Waals surface area contributed by atoms with Crippen molar-refractivity contribution in [3.8, 4) is 5.75 Å². The van der Waals surface area contributed by atoms with Gasteiger partial charge in [-0.15, -0.1) is 0 Å². The minimum atomic E-state index is 0.769. The van der Waals surface area contributed by atoms with E-state index in [0.717, 1.165) is 31.1 Å². The Balaban J connectivity index is 2.68. The molecule has 3 heteroatoms. The first-order chi connectivity index (χ1) is 8.19. The Morgan fingerprint density at radius 2 is 2.00 bits per heavy atom. The van der Waals surface area contributed by atoms with Gasteiger partial charge in [-0.05, 0) is 37.2 Å². The van der Waals surface area contributed by atoms with Crippen LogP contribution in [0.2, 0.25) is 0 Å². The number of nitrogen functional groups attached to an aromatic ring is 1. The van der Waals surface area contributed by atoms with Crippen molar-refractivity contribution in [3.63, 3.8) is 0 Å². The quantitative estimate of drug-likeness (QED) is 0.740. The summed E-state index contributed by atoms with van der Waals surface area (Å²) in [5, 5.41) is 0. The van der Waals surface area contributed by atoms with Gasteiger partial charge in [0.1, 0.15) is 5.75 Å². The topological polar surface area (TPSA) is 38.5 Å². The van der Waals surface area contributed by atoms with Crippen LogP contribution in [0.15, 0.2) is 18.2 Å². The molecule has 0 radical (unpaired) electrons. The molecule has 1 aromatic rings. The third-order valence-corrected chi connectivity index (χ3v) is 2.91. The van der Waals surface area contributed by atoms with Gasteiger partial charge in [-0.2, -0.15) is 0 Å². The number of hydrogen-bond acceptors (Lipinski definition) is 3. The molecule has 96 valence electrons. The molecule has 0 spiro atoms. The lowest BCUT2D eigenvalue weighted by Gasteiger charge is -2.20. The summed E-state index contributed by atoms with van der Waals surface area (Å²) in [6, 6.07) is 5.94. The zero-order chi connectivity index (χ0) is 12.7. The summed E-state index contributed by atoms with van der Waals surface area (Å²) in [5.41, 5.74) is 7.85. The molecule has 17 heavy (non-hydrogen) atoms. The molecule has 0 unspecified atom stereocenters. The van der Waals surface area contributed by atoms with E-state index in [4.69, 9.17) is 10.5 Å². The van der Waals surface area contributed by atoms with Crippen molar-refractivity contribution in [1.82, 2.24) is 4.90 Å². The third-order valence-electron chi connectivity index (χ3n) is 2.91. The first-order valence-corrected chi connectivity index (χ1v) is 6.35. The zero-order valence-corrected chi connectivity index (χ0v) is 11.2. The highest BCUT2D eigenvalue weighted by Crippen LogP contribution is 2.19. The van der Waals surface area contributed by atoms with Crippen molar-refractivity contribution in [3.05, 3.63) is 23.8 Å². The lowest BCUT2D eigenvalue weighted by Crippen LogP contribution is -2.24. The molecule has 0 amide bonds. The molecule has 0 fully saturated rings. The molecule has 3 nitrogen and oxygen atoms in total. The van der Waals surface area contributed by atoms with Crippen molar-refractivity contribution >= 4 is 5.69 Å². The van der Waals surface area contributed by atoms with E-state index in [0.29, 0.717) is 0 Å². The molecular weight excluding hydrogens is 212 g/mol. The highest BCUT2D eigenvalue weighted by Gasteiger charge is 2.05. The summed E-state index contributed by atoms with van der Waals surface area (Å²) in [5.74, 6) is 0.839. The maximum Gasteiger partial charge on any atom is 0.121 e. The number of nitrogens with two attached hydrogens (primary N) is 1. The van der Waals surface area contributed by atoms with E-state index in [-0.39, 0.29) is 0 Å². The standard InChI is InChI=1S/C14H24N2O/c1-4-6-7-16(5-2)11-12-8-13(15)10-14(9-12)17-3/h8-10H,4-7,11,15H2,1-3H3. The Hall–Kier alpha value is -1.22. The van der Waals surface area contributed by atoms with Gasteiger partial charge in [-0.1, -0.05) is 20.3 Å². The summed E-state index contributed by atoms with van der Waals surface area (Å²) < 4.78 is 5.23. The van der Waals surface area contributed by atoms with Crippen molar-refractivity contribution in [2.24, 2.45) is 0 Å². The first-order valence-electron chi connectivity index (χ1n) is 6.35. The minimum Gasteiger partial charge on any atom is -0.497 e. The van der Waals surface area contributed by atoms with Crippen LogP contribution in [0.4, 0.5) is 5.69 Å². The molecule has 0 heterocycles. The SMILES string of the molecule is CCCCN(CC)Cc1cc(N)cc(OC)c1. The lowest BCUT2D eigenvalue weighted by molar-refractivity contribution is 0.275. The van der Waals surface area contributed by atoms with Gasteiger partial charge in [0.05, 0.1) is 7.11 Å². The summed E-state index contributed by atoms with van der Waals surface area (Å²) in [6.07, 6.45) is 2.48. The van der Waals surface area contributed by atoms with Gasteiger partial charge in [0.25, 0.3) is 0 Å². The van der Waals surface area contributed by atoms with Crippen molar-refractivity contribution < 1.29 is 4.74 Å². The summed E-state index contributed by atoms with van der Waals surface area (Å²) >= 11 is 0. The van der Waals surface area contributed by atoms with Crippen LogP contribution in [0.5, 0.6) is 5.75 Å². The molecule has 0 aliphatic rings. The van der Waals surface area contributed by atoms with Gasteiger partial charge in [-0.3, -0.25) is 4.90 Å². The van der Waals surface area contributed by atoms with E-state index in [1.807, 2.05) is 12.1 Å². The van der Waals surface area contributed by atoms with Gasteiger partial charge >= 0.3 is 0 Å². The molecule has 1 aromatic carbocycles. The molecule has 0 aliphatic carbocycles.